The van der Waals surface area contributed by atoms with E-state index in [0.29, 0.717) is 17.6 Å². The highest BCUT2D eigenvalue weighted by molar-refractivity contribution is 6.30. The summed E-state index contributed by atoms with van der Waals surface area (Å²) in [7, 11) is 1.85. The van der Waals surface area contributed by atoms with Gasteiger partial charge in [0.25, 0.3) is 0 Å². The first kappa shape index (κ1) is 13.6. The first-order chi connectivity index (χ1) is 9.56. The molecule has 0 radical (unpaired) electrons. The molecule has 0 aromatic carbocycles. The molecule has 1 saturated carbocycles. The van der Waals surface area contributed by atoms with Crippen LogP contribution in [0.25, 0.3) is 0 Å². The number of anilines is 1. The number of nitrogens with zero attached hydrogens (tertiary/aromatic N) is 4. The van der Waals surface area contributed by atoms with Crippen LogP contribution in [0.2, 0.25) is 5.15 Å². The van der Waals surface area contributed by atoms with Crippen LogP contribution in [0.5, 0.6) is 0 Å². The third-order valence-electron chi connectivity index (χ3n) is 3.99. The van der Waals surface area contributed by atoms with Gasteiger partial charge >= 0.3 is 0 Å². The summed E-state index contributed by atoms with van der Waals surface area (Å²) in [5, 5.41) is 0.516. The lowest BCUT2D eigenvalue weighted by Gasteiger charge is -2.23. The molecule has 1 aromatic rings. The number of halogens is 1. The van der Waals surface area contributed by atoms with E-state index >= 15 is 0 Å². The molecule has 0 atom stereocenters. The second-order valence-corrected chi connectivity index (χ2v) is 6.04. The largest absolute Gasteiger partial charge is 0.347 e. The van der Waals surface area contributed by atoms with Crippen molar-refractivity contribution in [2.75, 3.05) is 31.6 Å². The van der Waals surface area contributed by atoms with Gasteiger partial charge in [0.2, 0.25) is 5.91 Å². The molecule has 0 bridgehead atoms. The van der Waals surface area contributed by atoms with Crippen LogP contribution in [0.15, 0.2) is 0 Å². The third kappa shape index (κ3) is 2.59. The molecule has 2 fully saturated rings. The van der Waals surface area contributed by atoms with Crippen molar-refractivity contribution in [1.29, 1.82) is 0 Å². The quantitative estimate of drug-likeness (QED) is 0.783. The fourth-order valence-electron chi connectivity index (χ4n) is 2.49. The van der Waals surface area contributed by atoms with Crippen molar-refractivity contribution in [3.8, 4) is 0 Å². The van der Waals surface area contributed by atoms with Gasteiger partial charge in [0.15, 0.2) is 0 Å². The molecule has 5 nitrogen and oxygen atoms in total. The van der Waals surface area contributed by atoms with E-state index in [4.69, 9.17) is 11.6 Å². The maximum absolute atomic E-state index is 12.0. The molecule has 2 aliphatic rings. The number of carbonyl (C=O) groups is 1. The van der Waals surface area contributed by atoms with E-state index in [1.54, 1.807) is 4.90 Å². The third-order valence-corrected chi connectivity index (χ3v) is 4.36. The van der Waals surface area contributed by atoms with Crippen molar-refractivity contribution in [3.05, 3.63) is 16.5 Å². The van der Waals surface area contributed by atoms with Crippen LogP contribution in [0, 0.1) is 6.92 Å². The highest BCUT2D eigenvalue weighted by Crippen LogP contribution is 2.40. The van der Waals surface area contributed by atoms with Gasteiger partial charge in [-0.05, 0) is 26.2 Å². The van der Waals surface area contributed by atoms with Crippen molar-refractivity contribution in [2.24, 2.45) is 0 Å². The smallest absolute Gasteiger partial charge is 0.241 e. The number of likely N-dealkylation sites (N-methyl/N-ethyl adjacent to an activating group) is 1. The molecule has 2 heterocycles. The van der Waals surface area contributed by atoms with Crippen LogP contribution in [-0.2, 0) is 4.79 Å². The molecule has 3 rings (SSSR count). The van der Waals surface area contributed by atoms with Gasteiger partial charge in [0.05, 0.1) is 6.54 Å². The molecular formula is C14H19ClN4O. The Morgan fingerprint density at radius 2 is 2.00 bits per heavy atom. The van der Waals surface area contributed by atoms with Gasteiger partial charge in [-0.3, -0.25) is 4.79 Å². The predicted molar refractivity (Wildman–Crippen MR) is 78.2 cm³/mol. The summed E-state index contributed by atoms with van der Waals surface area (Å²) in [6, 6.07) is 0. The number of aromatic nitrogens is 2. The Labute approximate surface area is 123 Å². The summed E-state index contributed by atoms with van der Waals surface area (Å²) in [4.78, 5) is 24.9. The van der Waals surface area contributed by atoms with E-state index < -0.39 is 0 Å². The van der Waals surface area contributed by atoms with Gasteiger partial charge in [0.1, 0.15) is 16.8 Å². The van der Waals surface area contributed by atoms with E-state index in [2.05, 4.69) is 9.97 Å². The Hall–Kier alpha value is -1.36. The number of hydrogen-bond acceptors (Lipinski definition) is 4. The van der Waals surface area contributed by atoms with Crippen LogP contribution < -0.4 is 4.90 Å². The van der Waals surface area contributed by atoms with E-state index in [1.807, 2.05) is 18.9 Å². The fraction of sp³-hybridized carbons (Fsp3) is 0.643. The molecular weight excluding hydrogens is 276 g/mol. The summed E-state index contributed by atoms with van der Waals surface area (Å²) in [6.07, 6.45) is 3.23. The number of hydrogen-bond donors (Lipinski definition) is 0. The van der Waals surface area contributed by atoms with Crippen LogP contribution in [0.4, 0.5) is 5.82 Å². The lowest BCUT2D eigenvalue weighted by molar-refractivity contribution is -0.127. The van der Waals surface area contributed by atoms with Crippen LogP contribution in [0.1, 0.15) is 36.6 Å². The Balaban J connectivity index is 1.93. The summed E-state index contributed by atoms with van der Waals surface area (Å²) < 4.78 is 0. The monoisotopic (exact) mass is 294 g/mol. The fourth-order valence-corrected chi connectivity index (χ4v) is 2.66. The van der Waals surface area contributed by atoms with E-state index in [0.717, 1.165) is 49.6 Å². The lowest BCUT2D eigenvalue weighted by atomic mass is 10.2. The SMILES string of the molecule is Cc1c(Cl)nc(C2CC2)nc1N1CCCN(C)C(=O)C1. The zero-order valence-corrected chi connectivity index (χ0v) is 12.7. The first-order valence-electron chi connectivity index (χ1n) is 7.09. The lowest BCUT2D eigenvalue weighted by Crippen LogP contribution is -2.35. The standard InChI is InChI=1S/C14H19ClN4O/c1-9-12(15)16-13(10-4-5-10)17-14(9)19-7-3-6-18(2)11(20)8-19/h10H,3-8H2,1-2H3. The Morgan fingerprint density at radius 1 is 1.25 bits per heavy atom. The Kier molecular flexibility index (Phi) is 3.54. The minimum Gasteiger partial charge on any atom is -0.347 e. The van der Waals surface area contributed by atoms with Crippen molar-refractivity contribution >= 4 is 23.3 Å². The van der Waals surface area contributed by atoms with Crippen molar-refractivity contribution in [2.45, 2.75) is 32.1 Å². The summed E-state index contributed by atoms with van der Waals surface area (Å²) >= 11 is 6.24. The molecule has 108 valence electrons. The van der Waals surface area contributed by atoms with Crippen LogP contribution >= 0.6 is 11.6 Å². The molecule has 1 aliphatic heterocycles. The van der Waals surface area contributed by atoms with Gasteiger partial charge in [-0.2, -0.15) is 0 Å². The highest BCUT2D eigenvalue weighted by Gasteiger charge is 2.29. The maximum Gasteiger partial charge on any atom is 0.241 e. The maximum atomic E-state index is 12.0. The van der Waals surface area contributed by atoms with Crippen LogP contribution in [-0.4, -0.2) is 47.5 Å². The highest BCUT2D eigenvalue weighted by atomic mass is 35.5. The molecule has 0 N–H and O–H groups in total. The molecule has 1 aliphatic carbocycles. The minimum absolute atomic E-state index is 0.129. The van der Waals surface area contributed by atoms with Crippen molar-refractivity contribution in [1.82, 2.24) is 14.9 Å². The molecule has 0 spiro atoms. The Morgan fingerprint density at radius 3 is 2.70 bits per heavy atom. The molecule has 1 saturated heterocycles. The second-order valence-electron chi connectivity index (χ2n) is 5.69. The zero-order chi connectivity index (χ0) is 14.3. The topological polar surface area (TPSA) is 49.3 Å². The summed E-state index contributed by atoms with van der Waals surface area (Å²) in [6.45, 7) is 3.92. The first-order valence-corrected chi connectivity index (χ1v) is 7.47. The molecule has 6 heteroatoms. The van der Waals surface area contributed by atoms with E-state index in [-0.39, 0.29) is 5.91 Å². The average molecular weight is 295 g/mol. The zero-order valence-electron chi connectivity index (χ0n) is 11.9. The summed E-state index contributed by atoms with van der Waals surface area (Å²) in [5.74, 6) is 2.25. The van der Waals surface area contributed by atoms with Gasteiger partial charge < -0.3 is 9.80 Å². The number of amides is 1. The van der Waals surface area contributed by atoms with Gasteiger partial charge in [-0.25, -0.2) is 9.97 Å². The van der Waals surface area contributed by atoms with Gasteiger partial charge in [0, 0.05) is 31.6 Å². The van der Waals surface area contributed by atoms with Gasteiger partial charge in [-0.1, -0.05) is 11.6 Å². The van der Waals surface area contributed by atoms with Crippen molar-refractivity contribution in [3.63, 3.8) is 0 Å². The van der Waals surface area contributed by atoms with Gasteiger partial charge in [-0.15, -0.1) is 0 Å². The van der Waals surface area contributed by atoms with Crippen LogP contribution in [0.3, 0.4) is 0 Å². The predicted octanol–water partition coefficient (Wildman–Crippen LogP) is 1.98. The van der Waals surface area contributed by atoms with Crippen molar-refractivity contribution < 1.29 is 4.79 Å². The number of rotatable bonds is 2. The van der Waals surface area contributed by atoms with E-state index in [1.165, 1.54) is 0 Å². The summed E-state index contributed by atoms with van der Waals surface area (Å²) in [5.41, 5.74) is 0.869. The second kappa shape index (κ2) is 5.20. The molecule has 20 heavy (non-hydrogen) atoms. The average Bonchev–Trinajstić information content (AvgIpc) is 3.24. The molecule has 1 aromatic heterocycles. The minimum atomic E-state index is 0.129. The van der Waals surface area contributed by atoms with E-state index in [9.17, 15) is 4.79 Å². The molecule has 1 amide bonds. The molecule has 0 unspecified atom stereocenters. The Bertz CT molecular complexity index is 544. The number of carbonyl (C=O) groups excluding carboxylic acids is 1. The normalized spacial score (nSPS) is 20.2.